The molecule has 0 aliphatic heterocycles. The highest BCUT2D eigenvalue weighted by Crippen LogP contribution is 2.55. The predicted molar refractivity (Wildman–Crippen MR) is 106 cm³/mol. The van der Waals surface area contributed by atoms with E-state index in [9.17, 15) is 9.59 Å². The Balaban J connectivity index is 1.63. The molecule has 0 bridgehead atoms. The highest BCUT2D eigenvalue weighted by molar-refractivity contribution is 6.42. The summed E-state index contributed by atoms with van der Waals surface area (Å²) in [6.07, 6.45) is 0.667. The normalized spacial score (nSPS) is 20.5. The molecule has 0 aromatic heterocycles. The Labute approximate surface area is 172 Å². The lowest BCUT2D eigenvalue weighted by molar-refractivity contribution is -0.144. The molecule has 1 amide bonds. The van der Waals surface area contributed by atoms with Crippen LogP contribution in [-0.2, 0) is 21.5 Å². The topological polar surface area (TPSA) is 87.7 Å². The molecule has 3 rings (SSSR count). The van der Waals surface area contributed by atoms with Crippen molar-refractivity contribution < 1.29 is 19.5 Å². The van der Waals surface area contributed by atoms with Crippen LogP contribution in [0.15, 0.2) is 42.5 Å². The van der Waals surface area contributed by atoms with Gasteiger partial charge in [-0.05, 0) is 54.3 Å². The number of ether oxygens (including phenoxy) is 1. The number of carbonyl (C=O) groups is 2. The zero-order valence-corrected chi connectivity index (χ0v) is 16.7. The first kappa shape index (κ1) is 20.6. The van der Waals surface area contributed by atoms with Gasteiger partial charge in [-0.25, -0.2) is 5.48 Å². The highest BCUT2D eigenvalue weighted by atomic mass is 35.5. The summed E-state index contributed by atoms with van der Waals surface area (Å²) < 4.78 is 5.04. The molecule has 0 radical (unpaired) electrons. The van der Waals surface area contributed by atoms with E-state index in [-0.39, 0.29) is 11.9 Å². The fraction of sp³-hybridized carbons (Fsp3) is 0.300. The van der Waals surface area contributed by atoms with Crippen molar-refractivity contribution in [3.63, 3.8) is 0 Å². The Hall–Kier alpha value is -2.12. The monoisotopic (exact) mass is 422 g/mol. The molecule has 148 valence electrons. The third kappa shape index (κ3) is 4.00. The third-order valence-electron chi connectivity index (χ3n) is 5.13. The summed E-state index contributed by atoms with van der Waals surface area (Å²) in [5.74, 6) is -0.754. The Kier molecular flexibility index (Phi) is 6.25. The summed E-state index contributed by atoms with van der Waals surface area (Å²) in [4.78, 5) is 23.8. The van der Waals surface area contributed by atoms with Gasteiger partial charge in [0, 0.05) is 12.1 Å². The predicted octanol–water partition coefficient (Wildman–Crippen LogP) is 3.33. The van der Waals surface area contributed by atoms with Crippen molar-refractivity contribution in [2.24, 2.45) is 5.92 Å². The van der Waals surface area contributed by atoms with Crippen molar-refractivity contribution in [1.29, 1.82) is 0 Å². The molecule has 3 N–H and O–H groups in total. The van der Waals surface area contributed by atoms with E-state index in [1.807, 2.05) is 6.07 Å². The third-order valence-corrected chi connectivity index (χ3v) is 5.87. The van der Waals surface area contributed by atoms with Gasteiger partial charge in [0.15, 0.2) is 0 Å². The Bertz CT molecular complexity index is 888. The molecule has 0 spiro atoms. The maximum atomic E-state index is 12.5. The van der Waals surface area contributed by atoms with Gasteiger partial charge in [0.25, 0.3) is 5.91 Å². The number of esters is 1. The molecule has 8 heteroatoms. The van der Waals surface area contributed by atoms with Crippen LogP contribution in [0.4, 0.5) is 0 Å². The average Bonchev–Trinajstić information content (AvgIpc) is 3.44. The molecule has 28 heavy (non-hydrogen) atoms. The standard InChI is InChI=1S/C20H20Cl2N2O4/c1-28-19(26)20(14-6-7-16(21)17(22)8-14)9-15(20)11-23-10-12-2-4-13(5-3-12)18(25)24-27/h2-8,15,23,27H,9-11H2,1H3,(H,24,25)/t15-,20-/m0/s1. The molecular weight excluding hydrogens is 403 g/mol. The summed E-state index contributed by atoms with van der Waals surface area (Å²) in [7, 11) is 1.38. The zero-order valence-electron chi connectivity index (χ0n) is 15.2. The summed E-state index contributed by atoms with van der Waals surface area (Å²) in [6.45, 7) is 1.20. The Morgan fingerprint density at radius 2 is 1.89 bits per heavy atom. The second-order valence-electron chi connectivity index (χ2n) is 6.76. The second-order valence-corrected chi connectivity index (χ2v) is 7.58. The fourth-order valence-electron chi connectivity index (χ4n) is 3.48. The van der Waals surface area contributed by atoms with Crippen molar-refractivity contribution in [1.82, 2.24) is 10.8 Å². The van der Waals surface area contributed by atoms with Crippen LogP contribution in [0.2, 0.25) is 10.0 Å². The summed E-state index contributed by atoms with van der Waals surface area (Å²) in [5.41, 5.74) is 3.05. The van der Waals surface area contributed by atoms with Crippen LogP contribution in [-0.4, -0.2) is 30.7 Å². The second kappa shape index (κ2) is 8.49. The summed E-state index contributed by atoms with van der Waals surface area (Å²) in [6, 6.07) is 12.1. The number of hydrogen-bond acceptors (Lipinski definition) is 5. The number of amides is 1. The largest absolute Gasteiger partial charge is 0.468 e. The number of methoxy groups -OCH3 is 1. The molecule has 0 heterocycles. The van der Waals surface area contributed by atoms with Gasteiger partial charge in [-0.1, -0.05) is 41.4 Å². The molecule has 2 aromatic carbocycles. The van der Waals surface area contributed by atoms with Crippen LogP contribution in [0.5, 0.6) is 0 Å². The lowest BCUT2D eigenvalue weighted by Crippen LogP contribution is -2.28. The number of carbonyl (C=O) groups excluding carboxylic acids is 2. The first-order chi connectivity index (χ1) is 13.4. The van der Waals surface area contributed by atoms with Crippen molar-refractivity contribution in [2.45, 2.75) is 18.4 Å². The molecule has 1 aliphatic rings. The molecule has 6 nitrogen and oxygen atoms in total. The van der Waals surface area contributed by atoms with E-state index in [1.54, 1.807) is 41.9 Å². The smallest absolute Gasteiger partial charge is 0.316 e. The van der Waals surface area contributed by atoms with Gasteiger partial charge in [-0.15, -0.1) is 0 Å². The van der Waals surface area contributed by atoms with Crippen molar-refractivity contribution >= 4 is 35.1 Å². The van der Waals surface area contributed by atoms with Crippen LogP contribution in [0.3, 0.4) is 0 Å². The van der Waals surface area contributed by atoms with Crippen molar-refractivity contribution in [2.75, 3.05) is 13.7 Å². The molecular formula is C20H20Cl2N2O4. The molecule has 1 saturated carbocycles. The Morgan fingerprint density at radius 3 is 2.50 bits per heavy atom. The molecule has 2 aromatic rings. The average molecular weight is 423 g/mol. The highest BCUT2D eigenvalue weighted by Gasteiger charge is 2.61. The summed E-state index contributed by atoms with van der Waals surface area (Å²) in [5, 5.41) is 12.8. The van der Waals surface area contributed by atoms with Gasteiger partial charge >= 0.3 is 5.97 Å². The zero-order chi connectivity index (χ0) is 20.3. The van der Waals surface area contributed by atoms with Crippen molar-refractivity contribution in [3.8, 4) is 0 Å². The molecule has 1 aliphatic carbocycles. The maximum Gasteiger partial charge on any atom is 0.316 e. The van der Waals surface area contributed by atoms with Gasteiger partial charge in [0.05, 0.1) is 22.6 Å². The van der Waals surface area contributed by atoms with E-state index < -0.39 is 11.3 Å². The van der Waals surface area contributed by atoms with Crippen molar-refractivity contribution in [3.05, 3.63) is 69.2 Å². The van der Waals surface area contributed by atoms with Gasteiger partial charge < -0.3 is 10.1 Å². The van der Waals surface area contributed by atoms with E-state index in [4.69, 9.17) is 33.1 Å². The minimum Gasteiger partial charge on any atom is -0.468 e. The quantitative estimate of drug-likeness (QED) is 0.361. The first-order valence-corrected chi connectivity index (χ1v) is 9.46. The van der Waals surface area contributed by atoms with Gasteiger partial charge in [0.2, 0.25) is 0 Å². The molecule has 2 atom stereocenters. The van der Waals surface area contributed by atoms with E-state index in [1.165, 1.54) is 7.11 Å². The number of hydrogen-bond donors (Lipinski definition) is 3. The van der Waals surface area contributed by atoms with E-state index in [2.05, 4.69) is 5.32 Å². The molecule has 0 saturated heterocycles. The van der Waals surface area contributed by atoms with E-state index in [0.717, 1.165) is 11.1 Å². The van der Waals surface area contributed by atoms with Gasteiger partial charge in [-0.2, -0.15) is 0 Å². The lowest BCUT2D eigenvalue weighted by atomic mass is 9.93. The molecule has 1 fully saturated rings. The minimum absolute atomic E-state index is 0.0802. The molecule has 0 unspecified atom stereocenters. The van der Waals surface area contributed by atoms with E-state index in [0.29, 0.717) is 35.1 Å². The summed E-state index contributed by atoms with van der Waals surface area (Å²) >= 11 is 12.1. The van der Waals surface area contributed by atoms with Gasteiger partial charge in [-0.3, -0.25) is 14.8 Å². The first-order valence-electron chi connectivity index (χ1n) is 8.70. The number of rotatable bonds is 7. The fourth-order valence-corrected chi connectivity index (χ4v) is 3.78. The number of halogens is 2. The number of hydroxylamine groups is 1. The number of nitrogens with one attached hydrogen (secondary N) is 2. The minimum atomic E-state index is -0.709. The van der Waals surface area contributed by atoms with Gasteiger partial charge in [0.1, 0.15) is 0 Å². The SMILES string of the molecule is COC(=O)[C@]1(c2ccc(Cl)c(Cl)c2)C[C@H]1CNCc1ccc(C(=O)NO)cc1. The van der Waals surface area contributed by atoms with Crippen LogP contribution < -0.4 is 10.8 Å². The van der Waals surface area contributed by atoms with Crippen LogP contribution in [0, 0.1) is 5.92 Å². The van der Waals surface area contributed by atoms with Crippen LogP contribution in [0.1, 0.15) is 27.9 Å². The number of benzene rings is 2. The van der Waals surface area contributed by atoms with E-state index >= 15 is 0 Å². The van der Waals surface area contributed by atoms with Crippen LogP contribution >= 0.6 is 23.2 Å². The van der Waals surface area contributed by atoms with Crippen LogP contribution in [0.25, 0.3) is 0 Å². The lowest BCUT2D eigenvalue weighted by Gasteiger charge is -2.17. The maximum absolute atomic E-state index is 12.5. The Morgan fingerprint density at radius 1 is 1.18 bits per heavy atom.